The minimum absolute atomic E-state index is 1.11. The molecule has 0 saturated heterocycles. The van der Waals surface area contributed by atoms with Gasteiger partial charge in [-0.1, -0.05) is 0 Å². The summed E-state index contributed by atoms with van der Waals surface area (Å²) in [5.41, 5.74) is 7.91. The molecule has 0 amide bonds. The minimum atomic E-state index is 1.11. The van der Waals surface area contributed by atoms with Crippen LogP contribution in [0.3, 0.4) is 0 Å². The molecule has 2 nitrogen and oxygen atoms in total. The van der Waals surface area contributed by atoms with Gasteiger partial charge in [0.05, 0.1) is 0 Å². The Morgan fingerprint density at radius 1 is 0.765 bits per heavy atom. The Bertz CT molecular complexity index is 500. The summed E-state index contributed by atoms with van der Waals surface area (Å²) in [5, 5.41) is 0. The lowest BCUT2D eigenvalue weighted by molar-refractivity contribution is 1.31. The van der Waals surface area contributed by atoms with Crippen molar-refractivity contribution in [3.63, 3.8) is 0 Å². The summed E-state index contributed by atoms with van der Waals surface area (Å²) in [4.78, 5) is 8.02. The van der Waals surface area contributed by atoms with Crippen LogP contribution >= 0.6 is 0 Å². The normalized spacial score (nSPS) is 9.53. The van der Waals surface area contributed by atoms with Crippen LogP contribution in [0.25, 0.3) is 11.1 Å². The molecule has 0 radical (unpaired) electrons. The lowest BCUT2D eigenvalue weighted by Gasteiger charge is -1.99. The highest BCUT2D eigenvalue weighted by Gasteiger charge is 1.95. The van der Waals surface area contributed by atoms with E-state index in [2.05, 4.69) is 29.5 Å². The summed E-state index contributed by atoms with van der Waals surface area (Å²) in [7, 11) is 0. The quantitative estimate of drug-likeness (QED) is 0.726. The topological polar surface area (TPSA) is 25.8 Å². The molecule has 0 spiro atoms. The van der Waals surface area contributed by atoms with E-state index in [1.807, 2.05) is 24.3 Å². The first-order chi connectivity index (χ1) is 8.27. The van der Waals surface area contributed by atoms with Gasteiger partial charge in [0.15, 0.2) is 0 Å². The third kappa shape index (κ3) is 2.90. The molecule has 0 fully saturated rings. The summed E-state index contributed by atoms with van der Waals surface area (Å²) < 4.78 is 0. The van der Waals surface area contributed by atoms with Crippen LogP contribution in [-0.4, -0.2) is 9.97 Å². The van der Waals surface area contributed by atoms with Crippen LogP contribution in [0.1, 0.15) is 25.0 Å². The maximum atomic E-state index is 4.01. The molecule has 17 heavy (non-hydrogen) atoms. The first-order valence-electron chi connectivity index (χ1n) is 5.52. The molecule has 0 N–H and O–H groups in total. The van der Waals surface area contributed by atoms with E-state index in [-0.39, 0.29) is 0 Å². The van der Waals surface area contributed by atoms with Crippen LogP contribution in [0.5, 0.6) is 0 Å². The number of pyridine rings is 2. The average Bonchev–Trinajstić information content (AvgIpc) is 2.40. The van der Waals surface area contributed by atoms with Crippen LogP contribution in [0.4, 0.5) is 0 Å². The third-order valence-electron chi connectivity index (χ3n) is 2.60. The van der Waals surface area contributed by atoms with Crippen molar-refractivity contribution in [2.45, 2.75) is 13.8 Å². The first-order valence-corrected chi connectivity index (χ1v) is 5.52. The van der Waals surface area contributed by atoms with Crippen LogP contribution in [-0.2, 0) is 0 Å². The van der Waals surface area contributed by atoms with Crippen molar-refractivity contribution in [2.75, 3.05) is 0 Å². The van der Waals surface area contributed by atoms with E-state index in [4.69, 9.17) is 0 Å². The summed E-state index contributed by atoms with van der Waals surface area (Å²) in [5.74, 6) is 0. The maximum Gasteiger partial charge on any atom is 0.0274 e. The number of hydrogen-bond donors (Lipinski definition) is 0. The summed E-state index contributed by atoms with van der Waals surface area (Å²) in [6.07, 6.45) is 7.18. The van der Waals surface area contributed by atoms with Gasteiger partial charge in [0.1, 0.15) is 0 Å². The molecule has 2 heterocycles. The Morgan fingerprint density at radius 2 is 1.12 bits per heavy atom. The van der Waals surface area contributed by atoms with Crippen LogP contribution in [0.2, 0.25) is 0 Å². The largest absolute Gasteiger partial charge is 0.265 e. The number of rotatable bonds is 2. The molecule has 0 aliphatic rings. The standard InChI is InChI=1S/C15H14N2/c1-12(14-3-7-16-8-4-14)11-13(2)15-5-9-17-10-6-15/h3-10H,1-2H3. The van der Waals surface area contributed by atoms with E-state index in [1.54, 1.807) is 24.8 Å². The van der Waals surface area contributed by atoms with Crippen LogP contribution < -0.4 is 0 Å². The van der Waals surface area contributed by atoms with Gasteiger partial charge in [0.2, 0.25) is 0 Å². The van der Waals surface area contributed by atoms with Crippen molar-refractivity contribution in [2.24, 2.45) is 0 Å². The molecule has 2 rings (SSSR count). The molecule has 0 unspecified atom stereocenters. The lowest BCUT2D eigenvalue weighted by atomic mass is 10.1. The molecule has 0 aromatic carbocycles. The Labute approximate surface area is 101 Å². The average molecular weight is 222 g/mol. The van der Waals surface area contributed by atoms with Gasteiger partial charge >= 0.3 is 0 Å². The molecule has 2 aromatic rings. The molecular formula is C15H14N2. The number of hydrogen-bond acceptors (Lipinski definition) is 2. The minimum Gasteiger partial charge on any atom is -0.265 e. The van der Waals surface area contributed by atoms with Gasteiger partial charge in [-0.15, -0.1) is 5.73 Å². The van der Waals surface area contributed by atoms with E-state index in [0.29, 0.717) is 0 Å². The van der Waals surface area contributed by atoms with Gasteiger partial charge in [-0.05, 0) is 60.4 Å². The summed E-state index contributed by atoms with van der Waals surface area (Å²) >= 11 is 0. The smallest absolute Gasteiger partial charge is 0.0274 e. The van der Waals surface area contributed by atoms with Crippen molar-refractivity contribution in [1.82, 2.24) is 9.97 Å². The second-order valence-electron chi connectivity index (χ2n) is 3.85. The van der Waals surface area contributed by atoms with Crippen LogP contribution in [0, 0.1) is 0 Å². The van der Waals surface area contributed by atoms with Crippen molar-refractivity contribution in [3.8, 4) is 0 Å². The van der Waals surface area contributed by atoms with Crippen LogP contribution in [0.15, 0.2) is 54.8 Å². The maximum absolute atomic E-state index is 4.01. The zero-order valence-electron chi connectivity index (χ0n) is 10.0. The molecule has 0 aliphatic carbocycles. The predicted octanol–water partition coefficient (Wildman–Crippen LogP) is 3.58. The molecule has 2 heteroatoms. The van der Waals surface area contributed by atoms with E-state index >= 15 is 0 Å². The highest BCUT2D eigenvalue weighted by molar-refractivity contribution is 5.72. The monoisotopic (exact) mass is 222 g/mol. The molecular weight excluding hydrogens is 208 g/mol. The second kappa shape index (κ2) is 5.24. The lowest BCUT2D eigenvalue weighted by Crippen LogP contribution is -1.81. The van der Waals surface area contributed by atoms with Crippen molar-refractivity contribution < 1.29 is 0 Å². The van der Waals surface area contributed by atoms with E-state index < -0.39 is 0 Å². The predicted molar refractivity (Wildman–Crippen MR) is 70.1 cm³/mol. The summed E-state index contributed by atoms with van der Waals surface area (Å²) in [6.45, 7) is 4.11. The zero-order valence-corrected chi connectivity index (χ0v) is 10.0. The van der Waals surface area contributed by atoms with Gasteiger partial charge in [-0.3, -0.25) is 9.97 Å². The fourth-order valence-corrected chi connectivity index (χ4v) is 1.63. The summed E-state index contributed by atoms with van der Waals surface area (Å²) in [6, 6.07) is 7.95. The molecule has 2 aromatic heterocycles. The van der Waals surface area contributed by atoms with E-state index in [9.17, 15) is 0 Å². The number of nitrogens with zero attached hydrogens (tertiary/aromatic N) is 2. The van der Waals surface area contributed by atoms with Gasteiger partial charge in [0, 0.05) is 24.8 Å². The highest BCUT2D eigenvalue weighted by atomic mass is 14.6. The molecule has 0 aliphatic heterocycles. The zero-order chi connectivity index (χ0) is 12.1. The second-order valence-corrected chi connectivity index (χ2v) is 3.85. The molecule has 0 atom stereocenters. The number of aromatic nitrogens is 2. The third-order valence-corrected chi connectivity index (χ3v) is 2.60. The fraction of sp³-hybridized carbons (Fsp3) is 0.133. The van der Waals surface area contributed by atoms with Crippen molar-refractivity contribution >= 4 is 11.1 Å². The van der Waals surface area contributed by atoms with E-state index in [1.165, 1.54) is 0 Å². The highest BCUT2D eigenvalue weighted by Crippen LogP contribution is 2.16. The Morgan fingerprint density at radius 3 is 1.47 bits per heavy atom. The van der Waals surface area contributed by atoms with Crippen molar-refractivity contribution in [3.05, 3.63) is 65.9 Å². The SMILES string of the molecule is CC(=C=C(C)c1ccncc1)c1ccncc1. The van der Waals surface area contributed by atoms with Gasteiger partial charge in [-0.25, -0.2) is 0 Å². The molecule has 0 saturated carbocycles. The first kappa shape index (κ1) is 11.3. The molecule has 0 bridgehead atoms. The molecule has 84 valence electrons. The fourth-order valence-electron chi connectivity index (χ4n) is 1.63. The van der Waals surface area contributed by atoms with Gasteiger partial charge in [0.25, 0.3) is 0 Å². The van der Waals surface area contributed by atoms with E-state index in [0.717, 1.165) is 22.3 Å². The van der Waals surface area contributed by atoms with Gasteiger partial charge < -0.3 is 0 Å². The van der Waals surface area contributed by atoms with Crippen molar-refractivity contribution in [1.29, 1.82) is 0 Å². The number of allylic oxidation sites excluding steroid dienone is 1. The Hall–Kier alpha value is -2.18. The Balaban J connectivity index is 2.42. The van der Waals surface area contributed by atoms with Gasteiger partial charge in [-0.2, -0.15) is 0 Å². The Kier molecular flexibility index (Phi) is 3.49.